The van der Waals surface area contributed by atoms with Gasteiger partial charge in [0, 0.05) is 17.5 Å². The van der Waals surface area contributed by atoms with Crippen LogP contribution >= 0.6 is 15.9 Å². The molecule has 4 aromatic rings. The van der Waals surface area contributed by atoms with Crippen LogP contribution in [0.25, 0.3) is 21.9 Å². The van der Waals surface area contributed by atoms with E-state index in [9.17, 15) is 14.7 Å². The molecule has 11 heteroatoms. The van der Waals surface area contributed by atoms with Gasteiger partial charge in [0.2, 0.25) is 11.8 Å². The van der Waals surface area contributed by atoms with E-state index in [0.29, 0.717) is 45.1 Å². The Morgan fingerprint density at radius 1 is 1.21 bits per heavy atom. The van der Waals surface area contributed by atoms with Crippen LogP contribution in [0.5, 0.6) is 5.75 Å². The molecule has 2 aliphatic rings. The number of phenolic OH excluding ortho intramolecular Hbond substituents is 1. The number of anilines is 2. The van der Waals surface area contributed by atoms with Gasteiger partial charge in [-0.3, -0.25) is 9.59 Å². The monoisotopic (exact) mass is 521 g/mol. The number of aromatic hydroxyl groups is 1. The van der Waals surface area contributed by atoms with Crippen molar-refractivity contribution in [2.24, 2.45) is 5.92 Å². The third kappa shape index (κ3) is 3.35. The number of likely N-dealkylation sites (tertiary alicyclic amines) is 1. The number of aromatic nitrogens is 4. The molecule has 1 aliphatic heterocycles. The summed E-state index contributed by atoms with van der Waals surface area (Å²) in [4.78, 5) is 41.1. The summed E-state index contributed by atoms with van der Waals surface area (Å²) in [5.41, 5.74) is 7.25. The Morgan fingerprint density at radius 3 is 2.88 bits per heavy atom. The average molecular weight is 522 g/mol. The molecule has 172 valence electrons. The lowest BCUT2D eigenvalue weighted by Gasteiger charge is -2.27. The first-order chi connectivity index (χ1) is 16.4. The van der Waals surface area contributed by atoms with Gasteiger partial charge in [-0.05, 0) is 59.0 Å². The molecule has 1 saturated carbocycles. The smallest absolute Gasteiger partial charge is 0.248 e. The van der Waals surface area contributed by atoms with Crippen LogP contribution in [-0.2, 0) is 16.1 Å². The Balaban J connectivity index is 1.33. The van der Waals surface area contributed by atoms with E-state index in [0.717, 1.165) is 11.8 Å². The largest absolute Gasteiger partial charge is 0.508 e. The fraction of sp³-hybridized carbons (Fsp3) is 0.261. The van der Waals surface area contributed by atoms with Gasteiger partial charge < -0.3 is 25.6 Å². The lowest BCUT2D eigenvalue weighted by atomic mass is 10.1. The molecule has 2 amide bonds. The molecule has 3 aromatic heterocycles. The van der Waals surface area contributed by atoms with Gasteiger partial charge in [0.15, 0.2) is 0 Å². The van der Waals surface area contributed by atoms with Crippen molar-refractivity contribution in [3.63, 3.8) is 0 Å². The Morgan fingerprint density at radius 2 is 2.06 bits per heavy atom. The summed E-state index contributed by atoms with van der Waals surface area (Å²) >= 11 is 3.30. The molecule has 3 atom stereocenters. The van der Waals surface area contributed by atoms with Crippen LogP contribution in [0.15, 0.2) is 47.3 Å². The van der Waals surface area contributed by atoms with Crippen molar-refractivity contribution in [1.82, 2.24) is 24.4 Å². The molecule has 0 spiro atoms. The van der Waals surface area contributed by atoms with E-state index in [1.54, 1.807) is 45.9 Å². The minimum atomic E-state index is -0.571. The highest BCUT2D eigenvalue weighted by atomic mass is 79.9. The highest BCUT2D eigenvalue weighted by Gasteiger charge is 2.56. The average Bonchev–Trinajstić information content (AvgIpc) is 3.35. The van der Waals surface area contributed by atoms with Crippen LogP contribution in [-0.4, -0.2) is 53.4 Å². The fourth-order valence-electron chi connectivity index (χ4n) is 5.03. The first kappa shape index (κ1) is 20.8. The number of benzene rings is 1. The highest BCUT2D eigenvalue weighted by molar-refractivity contribution is 9.10. The zero-order valence-electron chi connectivity index (χ0n) is 17.8. The molecule has 6 rings (SSSR count). The van der Waals surface area contributed by atoms with E-state index in [2.05, 4.69) is 36.2 Å². The molecule has 1 unspecified atom stereocenters. The number of carbonyl (C=O) groups excluding carboxylic acids is 2. The normalized spacial score (nSPS) is 21.1. The first-order valence-corrected chi connectivity index (χ1v) is 11.7. The number of amides is 2. The maximum absolute atomic E-state index is 13.6. The zero-order chi connectivity index (χ0) is 23.6. The molecular weight excluding hydrogens is 502 g/mol. The SMILES string of the molecule is Nc1ncnc2c1c1ccc(O)cc1n2CC(=O)N1[C@@H]2CC2C[C@H]1C(=O)Nc1cccc(Br)n1. The quantitative estimate of drug-likeness (QED) is 0.350. The van der Waals surface area contributed by atoms with Gasteiger partial charge in [0.25, 0.3) is 0 Å². The van der Waals surface area contributed by atoms with E-state index in [4.69, 9.17) is 5.73 Å². The van der Waals surface area contributed by atoms with Crippen LogP contribution in [0.1, 0.15) is 12.8 Å². The first-order valence-electron chi connectivity index (χ1n) is 10.9. The predicted molar refractivity (Wildman–Crippen MR) is 129 cm³/mol. The van der Waals surface area contributed by atoms with Crippen LogP contribution in [0.4, 0.5) is 11.6 Å². The Kier molecular flexibility index (Phi) is 4.70. The number of nitrogens with zero attached hydrogens (tertiary/aromatic N) is 5. The van der Waals surface area contributed by atoms with Crippen LogP contribution in [0.3, 0.4) is 0 Å². The van der Waals surface area contributed by atoms with Gasteiger partial charge in [-0.1, -0.05) is 6.07 Å². The Hall–Kier alpha value is -3.73. The minimum absolute atomic E-state index is 0.0396. The number of pyridine rings is 1. The summed E-state index contributed by atoms with van der Waals surface area (Å²) in [6, 6.07) is 9.63. The van der Waals surface area contributed by atoms with Gasteiger partial charge in [0.05, 0.1) is 10.9 Å². The van der Waals surface area contributed by atoms with Gasteiger partial charge in [0.1, 0.15) is 46.5 Å². The Bertz CT molecular complexity index is 1490. The molecule has 0 radical (unpaired) electrons. The molecule has 1 aliphatic carbocycles. The number of nitrogens with two attached hydrogens (primary N) is 1. The van der Waals surface area contributed by atoms with Crippen LogP contribution < -0.4 is 11.1 Å². The van der Waals surface area contributed by atoms with Crippen molar-refractivity contribution in [3.05, 3.63) is 47.3 Å². The van der Waals surface area contributed by atoms with Gasteiger partial charge in [-0.15, -0.1) is 0 Å². The van der Waals surface area contributed by atoms with E-state index >= 15 is 0 Å². The molecule has 34 heavy (non-hydrogen) atoms. The number of hydrogen-bond donors (Lipinski definition) is 3. The van der Waals surface area contributed by atoms with E-state index in [-0.39, 0.29) is 30.2 Å². The molecule has 2 fully saturated rings. The van der Waals surface area contributed by atoms with Crippen LogP contribution in [0, 0.1) is 5.92 Å². The number of fused-ring (bicyclic) bond motifs is 4. The second kappa shape index (κ2) is 7.66. The number of nitrogens with one attached hydrogen (secondary N) is 1. The van der Waals surface area contributed by atoms with Gasteiger partial charge in [-0.2, -0.15) is 0 Å². The van der Waals surface area contributed by atoms with Crippen molar-refractivity contribution < 1.29 is 14.7 Å². The summed E-state index contributed by atoms with van der Waals surface area (Å²) in [7, 11) is 0. The molecule has 0 bridgehead atoms. The summed E-state index contributed by atoms with van der Waals surface area (Å²) in [5.74, 6) is 0.684. The van der Waals surface area contributed by atoms with E-state index in [1.807, 2.05) is 0 Å². The lowest BCUT2D eigenvalue weighted by Crippen LogP contribution is -2.46. The van der Waals surface area contributed by atoms with Crippen molar-refractivity contribution in [2.75, 3.05) is 11.1 Å². The van der Waals surface area contributed by atoms with Crippen molar-refractivity contribution in [3.8, 4) is 5.75 Å². The van der Waals surface area contributed by atoms with E-state index < -0.39 is 6.04 Å². The summed E-state index contributed by atoms with van der Waals surface area (Å²) in [6.07, 6.45) is 2.87. The summed E-state index contributed by atoms with van der Waals surface area (Å²) in [5, 5.41) is 14.3. The lowest BCUT2D eigenvalue weighted by molar-refractivity contribution is -0.138. The van der Waals surface area contributed by atoms with Gasteiger partial charge in [-0.25, -0.2) is 15.0 Å². The third-order valence-electron chi connectivity index (χ3n) is 6.61. The highest BCUT2D eigenvalue weighted by Crippen LogP contribution is 2.48. The van der Waals surface area contributed by atoms with Crippen LogP contribution in [0.2, 0.25) is 0 Å². The molecule has 10 nitrogen and oxygen atoms in total. The zero-order valence-corrected chi connectivity index (χ0v) is 19.4. The maximum atomic E-state index is 13.6. The second-order valence-electron chi connectivity index (χ2n) is 8.70. The number of halogens is 1. The predicted octanol–water partition coefficient (Wildman–Crippen LogP) is 2.66. The molecule has 4 N–H and O–H groups in total. The molecule has 1 aromatic carbocycles. The number of rotatable bonds is 4. The van der Waals surface area contributed by atoms with E-state index in [1.165, 1.54) is 6.33 Å². The third-order valence-corrected chi connectivity index (χ3v) is 7.05. The number of piperidine rings is 1. The number of hydrogen-bond acceptors (Lipinski definition) is 7. The number of carbonyl (C=O) groups is 2. The summed E-state index contributed by atoms with van der Waals surface area (Å²) in [6.45, 7) is -0.0396. The molecular formula is C23H20BrN7O3. The van der Waals surface area contributed by atoms with Crippen molar-refractivity contribution in [2.45, 2.75) is 31.5 Å². The summed E-state index contributed by atoms with van der Waals surface area (Å²) < 4.78 is 2.34. The Labute approximate surface area is 201 Å². The van der Waals surface area contributed by atoms with Crippen molar-refractivity contribution >= 4 is 61.3 Å². The number of nitrogen functional groups attached to an aromatic ring is 1. The topological polar surface area (TPSA) is 139 Å². The molecule has 1 saturated heterocycles. The maximum Gasteiger partial charge on any atom is 0.248 e. The number of phenols is 1. The second-order valence-corrected chi connectivity index (χ2v) is 9.51. The van der Waals surface area contributed by atoms with Gasteiger partial charge >= 0.3 is 0 Å². The van der Waals surface area contributed by atoms with Crippen molar-refractivity contribution in [1.29, 1.82) is 0 Å². The standard InChI is InChI=1S/C23H20BrN7O3/c24-17-2-1-3-18(28-17)29-23(34)16-7-11-6-14(11)31(16)19(33)9-30-15-8-12(32)4-5-13(15)20-21(25)26-10-27-22(20)30/h1-5,8,10-11,14,16,32H,6-7,9H2,(H2,25,26,27)(H,28,29,34)/t11?,14-,16+/m1/s1. The molecule has 4 heterocycles. The fourth-order valence-corrected chi connectivity index (χ4v) is 5.38. The minimum Gasteiger partial charge on any atom is -0.508 e.